The molecule has 3 heteroatoms. The standard InChI is InChI=1S/C17H20N2O/c1-4-13(3)19-17-15(9-6-10-18-17)16(20)14-8-5-7-12(2)11-14/h5-11,13H,4H2,1-3H3,(H,18,19). The second-order valence-electron chi connectivity index (χ2n) is 5.05. The molecule has 0 saturated heterocycles. The number of hydrogen-bond donors (Lipinski definition) is 1. The Morgan fingerprint density at radius 2 is 2.10 bits per heavy atom. The zero-order chi connectivity index (χ0) is 14.5. The van der Waals surface area contributed by atoms with Crippen molar-refractivity contribution >= 4 is 11.6 Å². The van der Waals surface area contributed by atoms with Crippen molar-refractivity contribution in [3.63, 3.8) is 0 Å². The smallest absolute Gasteiger partial charge is 0.196 e. The van der Waals surface area contributed by atoms with E-state index in [-0.39, 0.29) is 11.8 Å². The lowest BCUT2D eigenvalue weighted by Crippen LogP contribution is -2.17. The van der Waals surface area contributed by atoms with E-state index < -0.39 is 0 Å². The van der Waals surface area contributed by atoms with Crippen LogP contribution in [-0.2, 0) is 0 Å². The molecular formula is C17H20N2O. The van der Waals surface area contributed by atoms with E-state index in [4.69, 9.17) is 0 Å². The SMILES string of the molecule is CCC(C)Nc1ncccc1C(=O)c1cccc(C)c1. The summed E-state index contributed by atoms with van der Waals surface area (Å²) in [5.41, 5.74) is 2.40. The average molecular weight is 268 g/mol. The van der Waals surface area contributed by atoms with Gasteiger partial charge in [0.2, 0.25) is 0 Å². The molecule has 0 aliphatic heterocycles. The first-order chi connectivity index (χ1) is 9.61. The number of aryl methyl sites for hydroxylation is 1. The summed E-state index contributed by atoms with van der Waals surface area (Å²) >= 11 is 0. The summed E-state index contributed by atoms with van der Waals surface area (Å²) in [5.74, 6) is 0.668. The van der Waals surface area contributed by atoms with Gasteiger partial charge in [-0.05, 0) is 38.5 Å². The van der Waals surface area contributed by atoms with Crippen molar-refractivity contribution in [2.24, 2.45) is 0 Å². The van der Waals surface area contributed by atoms with Crippen LogP contribution in [0.5, 0.6) is 0 Å². The molecule has 0 aliphatic rings. The van der Waals surface area contributed by atoms with Crippen LogP contribution in [-0.4, -0.2) is 16.8 Å². The summed E-state index contributed by atoms with van der Waals surface area (Å²) in [6.45, 7) is 6.16. The van der Waals surface area contributed by atoms with E-state index in [1.807, 2.05) is 37.3 Å². The number of pyridine rings is 1. The van der Waals surface area contributed by atoms with Crippen LogP contribution in [0, 0.1) is 6.92 Å². The zero-order valence-electron chi connectivity index (χ0n) is 12.2. The number of aromatic nitrogens is 1. The second-order valence-corrected chi connectivity index (χ2v) is 5.05. The Hall–Kier alpha value is -2.16. The molecule has 104 valence electrons. The third-order valence-electron chi connectivity index (χ3n) is 3.33. The molecule has 2 rings (SSSR count). The minimum Gasteiger partial charge on any atom is -0.367 e. The number of ketones is 1. The number of carbonyl (C=O) groups is 1. The molecule has 0 saturated carbocycles. The maximum atomic E-state index is 12.6. The fourth-order valence-corrected chi connectivity index (χ4v) is 1.98. The molecule has 3 nitrogen and oxygen atoms in total. The van der Waals surface area contributed by atoms with Gasteiger partial charge < -0.3 is 5.32 Å². The maximum absolute atomic E-state index is 12.6. The van der Waals surface area contributed by atoms with Gasteiger partial charge in [0.25, 0.3) is 0 Å². The quantitative estimate of drug-likeness (QED) is 0.838. The van der Waals surface area contributed by atoms with Crippen LogP contribution in [0.3, 0.4) is 0 Å². The molecule has 1 heterocycles. The summed E-state index contributed by atoms with van der Waals surface area (Å²) < 4.78 is 0. The average Bonchev–Trinajstić information content (AvgIpc) is 2.47. The van der Waals surface area contributed by atoms with Gasteiger partial charge in [0.1, 0.15) is 5.82 Å². The topological polar surface area (TPSA) is 42.0 Å². The first kappa shape index (κ1) is 14.3. The number of anilines is 1. The molecule has 2 aromatic rings. The predicted molar refractivity (Wildman–Crippen MR) is 82.2 cm³/mol. The van der Waals surface area contributed by atoms with Gasteiger partial charge in [0.05, 0.1) is 5.56 Å². The molecule has 1 aromatic heterocycles. The summed E-state index contributed by atoms with van der Waals surface area (Å²) in [4.78, 5) is 16.9. The molecule has 0 bridgehead atoms. The molecule has 1 atom stereocenters. The highest BCUT2D eigenvalue weighted by atomic mass is 16.1. The number of nitrogens with zero attached hydrogens (tertiary/aromatic N) is 1. The number of rotatable bonds is 5. The zero-order valence-corrected chi connectivity index (χ0v) is 12.2. The summed E-state index contributed by atoms with van der Waals surface area (Å²) in [6, 6.07) is 11.5. The second kappa shape index (κ2) is 6.33. The highest BCUT2D eigenvalue weighted by Crippen LogP contribution is 2.18. The van der Waals surface area contributed by atoms with Crippen LogP contribution in [0.25, 0.3) is 0 Å². The Bertz CT molecular complexity index is 607. The third-order valence-corrected chi connectivity index (χ3v) is 3.33. The molecule has 0 radical (unpaired) electrons. The van der Waals surface area contributed by atoms with Crippen molar-refractivity contribution in [3.05, 3.63) is 59.3 Å². The van der Waals surface area contributed by atoms with Crippen LogP contribution in [0.15, 0.2) is 42.6 Å². The molecule has 1 unspecified atom stereocenters. The first-order valence-electron chi connectivity index (χ1n) is 6.94. The van der Waals surface area contributed by atoms with Gasteiger partial charge >= 0.3 is 0 Å². The van der Waals surface area contributed by atoms with E-state index in [0.29, 0.717) is 16.9 Å². The fourth-order valence-electron chi connectivity index (χ4n) is 1.98. The van der Waals surface area contributed by atoms with Crippen molar-refractivity contribution in [1.29, 1.82) is 0 Å². The van der Waals surface area contributed by atoms with Crippen molar-refractivity contribution in [3.8, 4) is 0 Å². The molecule has 0 spiro atoms. The molecule has 0 fully saturated rings. The van der Waals surface area contributed by atoms with Crippen LogP contribution in [0.2, 0.25) is 0 Å². The van der Waals surface area contributed by atoms with Crippen LogP contribution < -0.4 is 5.32 Å². The first-order valence-corrected chi connectivity index (χ1v) is 6.94. The van der Waals surface area contributed by atoms with Crippen LogP contribution in [0.4, 0.5) is 5.82 Å². The molecule has 1 N–H and O–H groups in total. The lowest BCUT2D eigenvalue weighted by molar-refractivity contribution is 0.103. The van der Waals surface area contributed by atoms with E-state index in [1.54, 1.807) is 12.3 Å². The third kappa shape index (κ3) is 3.23. The summed E-state index contributed by atoms with van der Waals surface area (Å²) in [6.07, 6.45) is 2.69. The number of benzene rings is 1. The van der Waals surface area contributed by atoms with Crippen molar-refractivity contribution in [1.82, 2.24) is 4.98 Å². The van der Waals surface area contributed by atoms with E-state index in [9.17, 15) is 4.79 Å². The molecule has 20 heavy (non-hydrogen) atoms. The highest BCUT2D eigenvalue weighted by molar-refractivity contribution is 6.11. The maximum Gasteiger partial charge on any atom is 0.196 e. The van der Waals surface area contributed by atoms with Crippen LogP contribution >= 0.6 is 0 Å². The lowest BCUT2D eigenvalue weighted by atomic mass is 10.0. The largest absolute Gasteiger partial charge is 0.367 e. The fraction of sp³-hybridized carbons (Fsp3) is 0.294. The Labute approximate surface area is 120 Å². The van der Waals surface area contributed by atoms with E-state index in [1.165, 1.54) is 0 Å². The van der Waals surface area contributed by atoms with Crippen molar-refractivity contribution in [2.45, 2.75) is 33.2 Å². The van der Waals surface area contributed by atoms with Crippen molar-refractivity contribution in [2.75, 3.05) is 5.32 Å². The van der Waals surface area contributed by atoms with Crippen LogP contribution in [0.1, 0.15) is 41.8 Å². The normalized spacial score (nSPS) is 11.9. The summed E-state index contributed by atoms with van der Waals surface area (Å²) in [7, 11) is 0. The van der Waals surface area contributed by atoms with Gasteiger partial charge in [0.15, 0.2) is 5.78 Å². The minimum atomic E-state index is 0.00704. The van der Waals surface area contributed by atoms with Gasteiger partial charge in [-0.25, -0.2) is 4.98 Å². The van der Waals surface area contributed by atoms with E-state index in [2.05, 4.69) is 24.1 Å². The number of nitrogens with one attached hydrogen (secondary N) is 1. The van der Waals surface area contributed by atoms with E-state index >= 15 is 0 Å². The monoisotopic (exact) mass is 268 g/mol. The Kier molecular flexibility index (Phi) is 4.51. The number of carbonyl (C=O) groups excluding carboxylic acids is 1. The molecule has 1 aromatic carbocycles. The molecule has 0 aliphatic carbocycles. The lowest BCUT2D eigenvalue weighted by Gasteiger charge is -2.15. The Morgan fingerprint density at radius 1 is 1.30 bits per heavy atom. The van der Waals surface area contributed by atoms with Gasteiger partial charge in [-0.15, -0.1) is 0 Å². The Balaban J connectivity index is 2.35. The Morgan fingerprint density at radius 3 is 2.80 bits per heavy atom. The van der Waals surface area contributed by atoms with Crippen molar-refractivity contribution < 1.29 is 4.79 Å². The van der Waals surface area contributed by atoms with E-state index in [0.717, 1.165) is 12.0 Å². The molecule has 0 amide bonds. The minimum absolute atomic E-state index is 0.00704. The van der Waals surface area contributed by atoms with Gasteiger partial charge in [-0.1, -0.05) is 30.7 Å². The van der Waals surface area contributed by atoms with Gasteiger partial charge in [0, 0.05) is 17.8 Å². The predicted octanol–water partition coefficient (Wildman–Crippen LogP) is 3.83. The summed E-state index contributed by atoms with van der Waals surface area (Å²) in [5, 5.41) is 3.29. The van der Waals surface area contributed by atoms with Gasteiger partial charge in [-0.3, -0.25) is 4.79 Å². The van der Waals surface area contributed by atoms with Gasteiger partial charge in [-0.2, -0.15) is 0 Å². The highest BCUT2D eigenvalue weighted by Gasteiger charge is 2.15. The molecular weight excluding hydrogens is 248 g/mol. The number of hydrogen-bond acceptors (Lipinski definition) is 3.